The van der Waals surface area contributed by atoms with Crippen molar-refractivity contribution >= 4 is 17.4 Å². The number of hydrogen-bond donors (Lipinski definition) is 2. The normalized spacial score (nSPS) is 10.9. The second kappa shape index (κ2) is 5.44. The van der Waals surface area contributed by atoms with Crippen molar-refractivity contribution in [2.75, 3.05) is 11.9 Å². The van der Waals surface area contributed by atoms with Crippen molar-refractivity contribution in [3.63, 3.8) is 0 Å². The van der Waals surface area contributed by atoms with Gasteiger partial charge in [-0.05, 0) is 30.5 Å². The van der Waals surface area contributed by atoms with E-state index < -0.39 is 0 Å². The Morgan fingerprint density at radius 1 is 1.28 bits per heavy atom. The average Bonchev–Trinajstić information content (AvgIpc) is 2.69. The molecule has 2 N–H and O–H groups in total. The molecule has 0 spiro atoms. The summed E-state index contributed by atoms with van der Waals surface area (Å²) in [6, 6.07) is 7.83. The predicted molar refractivity (Wildman–Crippen MR) is 77.1 cm³/mol. The van der Waals surface area contributed by atoms with Gasteiger partial charge in [-0.1, -0.05) is 37.6 Å². The fourth-order valence-electron chi connectivity index (χ4n) is 1.83. The van der Waals surface area contributed by atoms with Crippen LogP contribution < -0.4 is 5.32 Å². The first-order chi connectivity index (χ1) is 8.58. The SMILES string of the molecule is Cc1[nH]nc(NCC(C)C)c1-c1ccc(Cl)cc1. The van der Waals surface area contributed by atoms with Gasteiger partial charge in [-0.25, -0.2) is 0 Å². The maximum atomic E-state index is 5.92. The standard InChI is InChI=1S/C14H18ClN3/c1-9(2)8-16-14-13(10(3)17-18-14)11-4-6-12(15)7-5-11/h4-7,9H,8H2,1-3H3,(H2,16,17,18). The van der Waals surface area contributed by atoms with Crippen LogP contribution >= 0.6 is 11.6 Å². The topological polar surface area (TPSA) is 40.7 Å². The summed E-state index contributed by atoms with van der Waals surface area (Å²) in [5.74, 6) is 1.49. The van der Waals surface area contributed by atoms with Crippen LogP contribution in [0.3, 0.4) is 0 Å². The second-order valence-electron chi connectivity index (χ2n) is 4.85. The van der Waals surface area contributed by atoms with E-state index in [4.69, 9.17) is 11.6 Å². The number of rotatable bonds is 4. The van der Waals surface area contributed by atoms with E-state index in [9.17, 15) is 0 Å². The van der Waals surface area contributed by atoms with Gasteiger partial charge in [0.05, 0.1) is 0 Å². The average molecular weight is 264 g/mol. The van der Waals surface area contributed by atoms with Gasteiger partial charge in [-0.3, -0.25) is 5.10 Å². The largest absolute Gasteiger partial charge is 0.368 e. The van der Waals surface area contributed by atoms with E-state index >= 15 is 0 Å². The van der Waals surface area contributed by atoms with Crippen LogP contribution in [-0.4, -0.2) is 16.7 Å². The summed E-state index contributed by atoms with van der Waals surface area (Å²) < 4.78 is 0. The van der Waals surface area contributed by atoms with Gasteiger partial charge in [0.2, 0.25) is 0 Å². The Kier molecular flexibility index (Phi) is 3.92. The number of aryl methyl sites for hydroxylation is 1. The molecule has 0 bridgehead atoms. The van der Waals surface area contributed by atoms with Crippen LogP contribution in [0.15, 0.2) is 24.3 Å². The summed E-state index contributed by atoms with van der Waals surface area (Å²) in [6.07, 6.45) is 0. The zero-order valence-corrected chi connectivity index (χ0v) is 11.7. The Morgan fingerprint density at radius 2 is 1.94 bits per heavy atom. The lowest BCUT2D eigenvalue weighted by Crippen LogP contribution is -2.08. The molecule has 0 saturated carbocycles. The molecule has 0 aliphatic rings. The molecule has 2 rings (SSSR count). The van der Waals surface area contributed by atoms with Crippen LogP contribution in [0.4, 0.5) is 5.82 Å². The number of aromatic nitrogens is 2. The maximum absolute atomic E-state index is 5.92. The van der Waals surface area contributed by atoms with Crippen molar-refractivity contribution < 1.29 is 0 Å². The molecular formula is C14H18ClN3. The molecule has 18 heavy (non-hydrogen) atoms. The van der Waals surface area contributed by atoms with Gasteiger partial charge in [0.25, 0.3) is 0 Å². The molecule has 0 aliphatic heterocycles. The highest BCUT2D eigenvalue weighted by Gasteiger charge is 2.12. The Labute approximate surface area is 113 Å². The quantitative estimate of drug-likeness (QED) is 0.872. The van der Waals surface area contributed by atoms with E-state index in [0.717, 1.165) is 34.2 Å². The molecule has 0 fully saturated rings. The molecule has 0 aliphatic carbocycles. The fourth-order valence-corrected chi connectivity index (χ4v) is 1.95. The van der Waals surface area contributed by atoms with E-state index in [1.807, 2.05) is 31.2 Å². The monoisotopic (exact) mass is 263 g/mol. The van der Waals surface area contributed by atoms with E-state index in [-0.39, 0.29) is 0 Å². The number of halogens is 1. The van der Waals surface area contributed by atoms with Gasteiger partial charge in [0, 0.05) is 22.8 Å². The van der Waals surface area contributed by atoms with Crippen molar-refractivity contribution in [2.45, 2.75) is 20.8 Å². The lowest BCUT2D eigenvalue weighted by molar-refractivity contribution is 0.687. The highest BCUT2D eigenvalue weighted by atomic mass is 35.5. The smallest absolute Gasteiger partial charge is 0.155 e. The van der Waals surface area contributed by atoms with Gasteiger partial charge in [-0.15, -0.1) is 0 Å². The fraction of sp³-hybridized carbons (Fsp3) is 0.357. The first kappa shape index (κ1) is 13.0. The zero-order valence-electron chi connectivity index (χ0n) is 10.9. The summed E-state index contributed by atoms with van der Waals surface area (Å²) in [5, 5.41) is 11.5. The number of H-pyrrole nitrogens is 1. The lowest BCUT2D eigenvalue weighted by Gasteiger charge is -2.09. The van der Waals surface area contributed by atoms with E-state index in [2.05, 4.69) is 29.4 Å². The highest BCUT2D eigenvalue weighted by Crippen LogP contribution is 2.30. The third kappa shape index (κ3) is 2.85. The maximum Gasteiger partial charge on any atom is 0.155 e. The van der Waals surface area contributed by atoms with Gasteiger partial charge < -0.3 is 5.32 Å². The van der Waals surface area contributed by atoms with Crippen LogP contribution in [0.1, 0.15) is 19.5 Å². The third-order valence-electron chi connectivity index (χ3n) is 2.76. The summed E-state index contributed by atoms with van der Waals surface area (Å²) in [4.78, 5) is 0. The van der Waals surface area contributed by atoms with Crippen LogP contribution in [0.2, 0.25) is 5.02 Å². The first-order valence-electron chi connectivity index (χ1n) is 6.12. The van der Waals surface area contributed by atoms with Crippen LogP contribution in [0.5, 0.6) is 0 Å². The number of hydrogen-bond acceptors (Lipinski definition) is 2. The van der Waals surface area contributed by atoms with Crippen LogP contribution in [-0.2, 0) is 0 Å². The van der Waals surface area contributed by atoms with E-state index in [1.165, 1.54) is 0 Å². The highest BCUT2D eigenvalue weighted by molar-refractivity contribution is 6.30. The Hall–Kier alpha value is -1.48. The third-order valence-corrected chi connectivity index (χ3v) is 3.01. The molecule has 0 atom stereocenters. The second-order valence-corrected chi connectivity index (χ2v) is 5.29. The Morgan fingerprint density at radius 3 is 2.56 bits per heavy atom. The minimum Gasteiger partial charge on any atom is -0.368 e. The zero-order chi connectivity index (χ0) is 13.1. The van der Waals surface area contributed by atoms with Crippen LogP contribution in [0.25, 0.3) is 11.1 Å². The molecule has 0 unspecified atom stereocenters. The number of nitrogens with zero attached hydrogens (tertiary/aromatic N) is 1. The number of anilines is 1. The number of nitrogens with one attached hydrogen (secondary N) is 2. The number of aromatic amines is 1. The summed E-state index contributed by atoms with van der Waals surface area (Å²) >= 11 is 5.92. The van der Waals surface area contributed by atoms with Crippen molar-refractivity contribution in [1.29, 1.82) is 0 Å². The molecule has 1 heterocycles. The molecule has 0 amide bonds. The summed E-state index contributed by atoms with van der Waals surface area (Å²) in [6.45, 7) is 7.28. The molecule has 1 aromatic carbocycles. The minimum atomic E-state index is 0.583. The Balaban J connectivity index is 2.31. The molecule has 96 valence electrons. The van der Waals surface area contributed by atoms with Crippen LogP contribution in [0, 0.1) is 12.8 Å². The molecular weight excluding hydrogens is 246 g/mol. The van der Waals surface area contributed by atoms with Gasteiger partial charge >= 0.3 is 0 Å². The molecule has 0 radical (unpaired) electrons. The van der Waals surface area contributed by atoms with Gasteiger partial charge in [0.15, 0.2) is 5.82 Å². The minimum absolute atomic E-state index is 0.583. The molecule has 0 saturated heterocycles. The molecule has 2 aromatic rings. The van der Waals surface area contributed by atoms with E-state index in [0.29, 0.717) is 5.92 Å². The lowest BCUT2D eigenvalue weighted by atomic mass is 10.1. The first-order valence-corrected chi connectivity index (χ1v) is 6.50. The molecule has 4 heteroatoms. The number of benzene rings is 1. The molecule has 1 aromatic heterocycles. The van der Waals surface area contributed by atoms with Crippen molar-refractivity contribution in [3.8, 4) is 11.1 Å². The van der Waals surface area contributed by atoms with Crippen molar-refractivity contribution in [3.05, 3.63) is 35.0 Å². The summed E-state index contributed by atoms with van der Waals surface area (Å²) in [7, 11) is 0. The van der Waals surface area contributed by atoms with Crippen molar-refractivity contribution in [1.82, 2.24) is 10.2 Å². The van der Waals surface area contributed by atoms with Gasteiger partial charge in [0.1, 0.15) is 0 Å². The summed E-state index contributed by atoms with van der Waals surface area (Å²) in [5.41, 5.74) is 3.30. The van der Waals surface area contributed by atoms with Gasteiger partial charge in [-0.2, -0.15) is 5.10 Å². The Bertz CT molecular complexity index is 514. The van der Waals surface area contributed by atoms with Crippen molar-refractivity contribution in [2.24, 2.45) is 5.92 Å². The molecule has 3 nitrogen and oxygen atoms in total. The van der Waals surface area contributed by atoms with E-state index in [1.54, 1.807) is 0 Å². The predicted octanol–water partition coefficient (Wildman–Crippen LogP) is 4.11.